The van der Waals surface area contributed by atoms with Crippen molar-refractivity contribution in [2.24, 2.45) is 0 Å². The molecule has 0 spiro atoms. The van der Waals surface area contributed by atoms with E-state index in [1.54, 1.807) is 13.1 Å². The Kier molecular flexibility index (Phi) is 3.76. The summed E-state index contributed by atoms with van der Waals surface area (Å²) in [5.74, 6) is -0.0200. The number of rotatable bonds is 2. The van der Waals surface area contributed by atoms with Crippen molar-refractivity contribution >= 4 is 34.8 Å². The molecule has 0 saturated carbocycles. The van der Waals surface area contributed by atoms with E-state index in [9.17, 15) is 4.79 Å². The van der Waals surface area contributed by atoms with Gasteiger partial charge in [-0.05, 0) is 12.1 Å². The number of anilines is 1. The van der Waals surface area contributed by atoms with Gasteiger partial charge in [0.1, 0.15) is 0 Å². The van der Waals surface area contributed by atoms with Crippen LogP contribution in [0.4, 0.5) is 5.69 Å². The summed E-state index contributed by atoms with van der Waals surface area (Å²) >= 11 is 12.1. The first kappa shape index (κ1) is 12.5. The average molecular weight is 274 g/mol. The van der Waals surface area contributed by atoms with Gasteiger partial charge in [-0.2, -0.15) is 0 Å². The highest BCUT2D eigenvalue weighted by Gasteiger charge is 2.20. The number of halogens is 2. The lowest BCUT2D eigenvalue weighted by Gasteiger charge is -2.30. The molecule has 1 aliphatic heterocycles. The molecule has 1 aliphatic rings. The van der Waals surface area contributed by atoms with Gasteiger partial charge >= 0.3 is 0 Å². The number of nitrogens with zero attached hydrogens (tertiary/aromatic N) is 1. The molecule has 4 nitrogen and oxygen atoms in total. The maximum atomic E-state index is 11.3. The molecule has 92 valence electrons. The fourth-order valence-electron chi connectivity index (χ4n) is 1.78. The number of nitrogens with one attached hydrogen (secondary N) is 2. The molecule has 2 rings (SSSR count). The number of amides is 1. The third-order valence-electron chi connectivity index (χ3n) is 2.72. The van der Waals surface area contributed by atoms with E-state index >= 15 is 0 Å². The van der Waals surface area contributed by atoms with Gasteiger partial charge in [0, 0.05) is 24.8 Å². The first-order chi connectivity index (χ1) is 8.11. The summed E-state index contributed by atoms with van der Waals surface area (Å²) in [5.41, 5.74) is 1.92. The second-order valence-electron chi connectivity index (χ2n) is 3.88. The van der Waals surface area contributed by atoms with Crippen LogP contribution in [0.1, 0.15) is 5.56 Å². The summed E-state index contributed by atoms with van der Waals surface area (Å²) in [7, 11) is 1.62. The molecular formula is C11H13Cl2N3O. The average Bonchev–Trinajstić information content (AvgIpc) is 2.34. The number of fused-ring (bicyclic) bond motifs is 1. The summed E-state index contributed by atoms with van der Waals surface area (Å²) in [4.78, 5) is 13.3. The Bertz CT molecular complexity index is 451. The summed E-state index contributed by atoms with van der Waals surface area (Å²) in [6, 6.07) is 3.67. The zero-order chi connectivity index (χ0) is 12.4. The van der Waals surface area contributed by atoms with Crippen LogP contribution in [0.3, 0.4) is 0 Å². The Hall–Kier alpha value is -0.970. The fraction of sp³-hybridized carbons (Fsp3) is 0.364. The highest BCUT2D eigenvalue weighted by atomic mass is 35.5. The van der Waals surface area contributed by atoms with E-state index < -0.39 is 0 Å². The lowest BCUT2D eigenvalue weighted by atomic mass is 10.1. The smallest absolute Gasteiger partial charge is 0.233 e. The van der Waals surface area contributed by atoms with E-state index in [2.05, 4.69) is 10.6 Å². The number of hydrogen-bond acceptors (Lipinski definition) is 3. The summed E-state index contributed by atoms with van der Waals surface area (Å²) in [5, 5.41) is 6.90. The van der Waals surface area contributed by atoms with Crippen LogP contribution in [0.5, 0.6) is 0 Å². The van der Waals surface area contributed by atoms with Gasteiger partial charge in [-0.15, -0.1) is 0 Å². The third kappa shape index (κ3) is 2.65. The molecule has 0 fully saturated rings. The van der Waals surface area contributed by atoms with Crippen molar-refractivity contribution in [2.75, 3.05) is 25.6 Å². The van der Waals surface area contributed by atoms with Crippen molar-refractivity contribution in [3.63, 3.8) is 0 Å². The quantitative estimate of drug-likeness (QED) is 0.866. The summed E-state index contributed by atoms with van der Waals surface area (Å²) in [6.45, 7) is 1.58. The van der Waals surface area contributed by atoms with Crippen LogP contribution in [-0.2, 0) is 11.3 Å². The van der Waals surface area contributed by atoms with Crippen LogP contribution >= 0.6 is 23.2 Å². The van der Waals surface area contributed by atoms with Crippen LogP contribution < -0.4 is 10.6 Å². The van der Waals surface area contributed by atoms with Gasteiger partial charge in [0.15, 0.2) is 0 Å². The predicted molar refractivity (Wildman–Crippen MR) is 69.4 cm³/mol. The molecule has 1 amide bonds. The lowest BCUT2D eigenvalue weighted by molar-refractivity contribution is -0.121. The number of carbonyl (C=O) groups excluding carboxylic acids is 1. The first-order valence-corrected chi connectivity index (χ1v) is 6.01. The SMILES string of the molecule is CNC(=O)CN1CNc2ccc(Cl)c(Cl)c2C1. The van der Waals surface area contributed by atoms with E-state index in [1.165, 1.54) is 0 Å². The van der Waals surface area contributed by atoms with E-state index in [4.69, 9.17) is 23.2 Å². The molecular weight excluding hydrogens is 261 g/mol. The molecule has 6 heteroatoms. The molecule has 0 saturated heterocycles. The Morgan fingerprint density at radius 3 is 3.00 bits per heavy atom. The topological polar surface area (TPSA) is 44.4 Å². The molecule has 0 radical (unpaired) electrons. The Morgan fingerprint density at radius 1 is 1.53 bits per heavy atom. The van der Waals surface area contributed by atoms with Crippen molar-refractivity contribution in [2.45, 2.75) is 6.54 Å². The normalized spacial score (nSPS) is 15.0. The Morgan fingerprint density at radius 2 is 2.29 bits per heavy atom. The van der Waals surface area contributed by atoms with Gasteiger partial charge in [-0.1, -0.05) is 23.2 Å². The largest absolute Gasteiger partial charge is 0.372 e. The van der Waals surface area contributed by atoms with Crippen molar-refractivity contribution < 1.29 is 4.79 Å². The van der Waals surface area contributed by atoms with Crippen molar-refractivity contribution in [3.8, 4) is 0 Å². The number of carbonyl (C=O) groups is 1. The monoisotopic (exact) mass is 273 g/mol. The molecule has 0 bridgehead atoms. The first-order valence-electron chi connectivity index (χ1n) is 5.25. The van der Waals surface area contributed by atoms with Gasteiger partial charge in [0.05, 0.1) is 23.3 Å². The maximum Gasteiger partial charge on any atom is 0.233 e. The van der Waals surface area contributed by atoms with E-state index in [0.717, 1.165) is 11.3 Å². The Balaban J connectivity index is 2.17. The molecule has 0 atom stereocenters. The Labute approximate surface area is 110 Å². The van der Waals surface area contributed by atoms with Gasteiger partial charge < -0.3 is 10.6 Å². The molecule has 0 aromatic heterocycles. The number of benzene rings is 1. The lowest BCUT2D eigenvalue weighted by Crippen LogP contribution is -2.40. The fourth-order valence-corrected chi connectivity index (χ4v) is 2.18. The minimum Gasteiger partial charge on any atom is -0.372 e. The molecule has 0 aliphatic carbocycles. The number of likely N-dealkylation sites (N-methyl/N-ethyl adjacent to an activating group) is 1. The maximum absolute atomic E-state index is 11.3. The third-order valence-corrected chi connectivity index (χ3v) is 3.56. The van der Waals surface area contributed by atoms with Gasteiger partial charge in [-0.3, -0.25) is 9.69 Å². The van der Waals surface area contributed by atoms with Gasteiger partial charge in [0.2, 0.25) is 5.91 Å². The second kappa shape index (κ2) is 5.12. The van der Waals surface area contributed by atoms with Gasteiger partial charge in [0.25, 0.3) is 0 Å². The second-order valence-corrected chi connectivity index (χ2v) is 4.67. The van der Waals surface area contributed by atoms with E-state index in [-0.39, 0.29) is 5.91 Å². The zero-order valence-electron chi connectivity index (χ0n) is 9.39. The molecule has 2 N–H and O–H groups in total. The molecule has 17 heavy (non-hydrogen) atoms. The number of hydrogen-bond donors (Lipinski definition) is 2. The van der Waals surface area contributed by atoms with Crippen LogP contribution in [0.2, 0.25) is 10.0 Å². The highest BCUT2D eigenvalue weighted by Crippen LogP contribution is 2.34. The minimum absolute atomic E-state index is 0.0200. The molecule has 1 heterocycles. The predicted octanol–water partition coefficient (Wildman–Crippen LogP) is 1.92. The standard InChI is InChI=1S/C11H13Cl2N3O/c1-14-10(17)5-16-4-7-9(15-6-16)3-2-8(12)11(7)13/h2-3,15H,4-6H2,1H3,(H,14,17). The summed E-state index contributed by atoms with van der Waals surface area (Å²) in [6.07, 6.45) is 0. The van der Waals surface area contributed by atoms with Crippen LogP contribution in [0.15, 0.2) is 12.1 Å². The van der Waals surface area contributed by atoms with Crippen LogP contribution in [-0.4, -0.2) is 31.1 Å². The van der Waals surface area contributed by atoms with Gasteiger partial charge in [-0.25, -0.2) is 0 Å². The van der Waals surface area contributed by atoms with Crippen molar-refractivity contribution in [1.29, 1.82) is 0 Å². The molecule has 0 unspecified atom stereocenters. The van der Waals surface area contributed by atoms with E-state index in [0.29, 0.717) is 29.8 Å². The molecule has 1 aromatic carbocycles. The molecule has 1 aromatic rings. The van der Waals surface area contributed by atoms with Crippen LogP contribution in [0.25, 0.3) is 0 Å². The minimum atomic E-state index is -0.0200. The van der Waals surface area contributed by atoms with Crippen molar-refractivity contribution in [3.05, 3.63) is 27.7 Å². The zero-order valence-corrected chi connectivity index (χ0v) is 10.9. The van der Waals surface area contributed by atoms with E-state index in [1.807, 2.05) is 11.0 Å². The van der Waals surface area contributed by atoms with Crippen LogP contribution in [0, 0.1) is 0 Å². The summed E-state index contributed by atoms with van der Waals surface area (Å²) < 4.78 is 0. The van der Waals surface area contributed by atoms with Crippen molar-refractivity contribution in [1.82, 2.24) is 10.2 Å². The highest BCUT2D eigenvalue weighted by molar-refractivity contribution is 6.42.